The predicted octanol–water partition coefficient (Wildman–Crippen LogP) is 6.78. The molecule has 0 atom stereocenters. The average Bonchev–Trinajstić information content (AvgIpc) is 3.23. The van der Waals surface area contributed by atoms with E-state index in [4.69, 9.17) is 16.3 Å². The maximum Gasteiger partial charge on any atom is 0.137 e. The smallest absolute Gasteiger partial charge is 0.137 e. The first-order chi connectivity index (χ1) is 14.6. The van der Waals surface area contributed by atoms with Gasteiger partial charge in [0.1, 0.15) is 22.0 Å². The van der Waals surface area contributed by atoms with Gasteiger partial charge in [-0.15, -0.1) is 11.3 Å². The van der Waals surface area contributed by atoms with Crippen molar-refractivity contribution in [2.45, 2.75) is 13.8 Å². The molecule has 0 unspecified atom stereocenters. The van der Waals surface area contributed by atoms with Crippen LogP contribution in [-0.4, -0.2) is 16.6 Å². The first kappa shape index (κ1) is 20.1. The first-order valence-electron chi connectivity index (χ1n) is 9.45. The number of halogens is 1. The molecule has 0 bridgehead atoms. The summed E-state index contributed by atoms with van der Waals surface area (Å²) >= 11 is 7.81. The molecule has 0 fully saturated rings. The van der Waals surface area contributed by atoms with Crippen molar-refractivity contribution in [3.63, 3.8) is 0 Å². The Morgan fingerprint density at radius 1 is 1.17 bits per heavy atom. The SMILES string of the molecule is CCOc1ccc(-c2csc(/C(C#N)=C/c3cc4cc(C)ccc4nc3Cl)n2)cc1. The minimum Gasteiger partial charge on any atom is -0.494 e. The molecule has 0 aliphatic carbocycles. The van der Waals surface area contributed by atoms with E-state index in [-0.39, 0.29) is 0 Å². The van der Waals surface area contributed by atoms with E-state index < -0.39 is 0 Å². The van der Waals surface area contributed by atoms with Gasteiger partial charge in [-0.25, -0.2) is 9.97 Å². The Kier molecular flexibility index (Phi) is 5.80. The Bertz CT molecular complexity index is 1290. The van der Waals surface area contributed by atoms with Crippen LogP contribution in [0.2, 0.25) is 5.15 Å². The largest absolute Gasteiger partial charge is 0.494 e. The third kappa shape index (κ3) is 4.20. The number of nitriles is 1. The van der Waals surface area contributed by atoms with Crippen molar-refractivity contribution < 1.29 is 4.74 Å². The fraction of sp³-hybridized carbons (Fsp3) is 0.125. The van der Waals surface area contributed by atoms with E-state index >= 15 is 0 Å². The molecule has 0 N–H and O–H groups in total. The second-order valence-electron chi connectivity index (χ2n) is 6.73. The Morgan fingerprint density at radius 2 is 1.97 bits per heavy atom. The van der Waals surface area contributed by atoms with Crippen molar-refractivity contribution >= 4 is 45.5 Å². The van der Waals surface area contributed by atoms with Crippen LogP contribution in [0, 0.1) is 18.3 Å². The van der Waals surface area contributed by atoms with Crippen LogP contribution in [0.5, 0.6) is 5.75 Å². The summed E-state index contributed by atoms with van der Waals surface area (Å²) < 4.78 is 5.48. The molecule has 0 aliphatic heterocycles. The summed E-state index contributed by atoms with van der Waals surface area (Å²) in [5, 5.41) is 13.7. The van der Waals surface area contributed by atoms with Gasteiger partial charge in [0.15, 0.2) is 0 Å². The number of aromatic nitrogens is 2. The molecule has 4 rings (SSSR count). The van der Waals surface area contributed by atoms with Crippen LogP contribution in [0.3, 0.4) is 0 Å². The lowest BCUT2D eigenvalue weighted by Gasteiger charge is -2.04. The summed E-state index contributed by atoms with van der Waals surface area (Å²) in [7, 11) is 0. The molecule has 4 nitrogen and oxygen atoms in total. The number of allylic oxidation sites excluding steroid dienone is 1. The number of aryl methyl sites for hydroxylation is 1. The van der Waals surface area contributed by atoms with Gasteiger partial charge in [-0.2, -0.15) is 5.26 Å². The Labute approximate surface area is 184 Å². The number of rotatable bonds is 5. The van der Waals surface area contributed by atoms with E-state index in [0.29, 0.717) is 27.9 Å². The summed E-state index contributed by atoms with van der Waals surface area (Å²) in [4.78, 5) is 9.11. The molecule has 2 aromatic carbocycles. The molecule has 4 aromatic rings. The van der Waals surface area contributed by atoms with E-state index in [1.807, 2.05) is 61.7 Å². The van der Waals surface area contributed by atoms with Gasteiger partial charge in [0, 0.05) is 21.9 Å². The monoisotopic (exact) mass is 431 g/mol. The lowest BCUT2D eigenvalue weighted by Crippen LogP contribution is -1.90. The van der Waals surface area contributed by atoms with Crippen LogP contribution in [-0.2, 0) is 0 Å². The lowest BCUT2D eigenvalue weighted by molar-refractivity contribution is 0.340. The summed E-state index contributed by atoms with van der Waals surface area (Å²) in [5.41, 5.74) is 4.91. The van der Waals surface area contributed by atoms with Crippen LogP contribution in [0.4, 0.5) is 0 Å². The quantitative estimate of drug-likeness (QED) is 0.258. The van der Waals surface area contributed by atoms with E-state index in [0.717, 1.165) is 33.5 Å². The highest BCUT2D eigenvalue weighted by Gasteiger charge is 2.11. The molecule has 0 aliphatic rings. The molecule has 0 radical (unpaired) electrons. The van der Waals surface area contributed by atoms with E-state index in [1.54, 1.807) is 6.08 Å². The Morgan fingerprint density at radius 3 is 2.70 bits per heavy atom. The number of pyridine rings is 1. The number of hydrogen-bond donors (Lipinski definition) is 0. The van der Waals surface area contributed by atoms with Crippen molar-refractivity contribution in [3.8, 4) is 23.1 Å². The van der Waals surface area contributed by atoms with Crippen molar-refractivity contribution in [1.82, 2.24) is 9.97 Å². The number of nitrogens with zero attached hydrogens (tertiary/aromatic N) is 3. The summed E-state index contributed by atoms with van der Waals surface area (Å²) in [6.07, 6.45) is 1.75. The molecule has 0 saturated carbocycles. The predicted molar refractivity (Wildman–Crippen MR) is 124 cm³/mol. The molecule has 0 spiro atoms. The van der Waals surface area contributed by atoms with Crippen LogP contribution in [0.1, 0.15) is 23.1 Å². The van der Waals surface area contributed by atoms with Gasteiger partial charge in [-0.3, -0.25) is 0 Å². The molecule has 148 valence electrons. The highest BCUT2D eigenvalue weighted by molar-refractivity contribution is 7.11. The van der Waals surface area contributed by atoms with Gasteiger partial charge in [-0.05, 0) is 62.4 Å². The average molecular weight is 432 g/mol. The molecule has 6 heteroatoms. The van der Waals surface area contributed by atoms with Crippen molar-refractivity contribution in [3.05, 3.63) is 75.2 Å². The minimum absolute atomic E-state index is 0.363. The second kappa shape index (κ2) is 8.66. The number of thiazole rings is 1. The van der Waals surface area contributed by atoms with Crippen LogP contribution >= 0.6 is 22.9 Å². The maximum absolute atomic E-state index is 9.73. The van der Waals surface area contributed by atoms with Crippen molar-refractivity contribution in [1.29, 1.82) is 5.26 Å². The molecule has 2 heterocycles. The molecule has 0 saturated heterocycles. The zero-order valence-corrected chi connectivity index (χ0v) is 18.1. The van der Waals surface area contributed by atoms with Gasteiger partial charge in [0.2, 0.25) is 0 Å². The third-order valence-corrected chi connectivity index (χ3v) is 5.75. The first-order valence-corrected chi connectivity index (χ1v) is 10.7. The van der Waals surface area contributed by atoms with E-state index in [9.17, 15) is 5.26 Å². The van der Waals surface area contributed by atoms with Crippen LogP contribution in [0.25, 0.3) is 33.8 Å². The van der Waals surface area contributed by atoms with E-state index in [1.165, 1.54) is 11.3 Å². The van der Waals surface area contributed by atoms with Gasteiger partial charge in [-0.1, -0.05) is 23.2 Å². The van der Waals surface area contributed by atoms with Crippen LogP contribution in [0.15, 0.2) is 53.9 Å². The third-order valence-electron chi connectivity index (χ3n) is 4.57. The molecule has 2 aromatic heterocycles. The summed E-state index contributed by atoms with van der Waals surface area (Å²) in [5.74, 6) is 0.822. The van der Waals surface area contributed by atoms with Crippen LogP contribution < -0.4 is 4.74 Å². The zero-order chi connectivity index (χ0) is 21.1. The molecular weight excluding hydrogens is 414 g/mol. The molecular formula is C24H18ClN3OS. The summed E-state index contributed by atoms with van der Waals surface area (Å²) in [6, 6.07) is 18.0. The fourth-order valence-electron chi connectivity index (χ4n) is 3.11. The highest BCUT2D eigenvalue weighted by atomic mass is 35.5. The molecule has 30 heavy (non-hydrogen) atoms. The van der Waals surface area contributed by atoms with Gasteiger partial charge >= 0.3 is 0 Å². The van der Waals surface area contributed by atoms with Gasteiger partial charge < -0.3 is 4.74 Å². The second-order valence-corrected chi connectivity index (χ2v) is 7.95. The van der Waals surface area contributed by atoms with E-state index in [2.05, 4.69) is 22.1 Å². The summed E-state index contributed by atoms with van der Waals surface area (Å²) in [6.45, 7) is 4.61. The van der Waals surface area contributed by atoms with Gasteiger partial charge in [0.05, 0.1) is 23.4 Å². The number of hydrogen-bond acceptors (Lipinski definition) is 5. The number of benzene rings is 2. The Hall–Kier alpha value is -3.20. The minimum atomic E-state index is 0.363. The highest BCUT2D eigenvalue weighted by Crippen LogP contribution is 2.30. The van der Waals surface area contributed by atoms with Crippen molar-refractivity contribution in [2.24, 2.45) is 0 Å². The lowest BCUT2D eigenvalue weighted by atomic mass is 10.1. The number of ether oxygens (including phenoxy) is 1. The zero-order valence-electron chi connectivity index (χ0n) is 16.5. The fourth-order valence-corrected chi connectivity index (χ4v) is 4.10. The van der Waals surface area contributed by atoms with Gasteiger partial charge in [0.25, 0.3) is 0 Å². The molecule has 0 amide bonds. The van der Waals surface area contributed by atoms with Crippen molar-refractivity contribution in [2.75, 3.05) is 6.61 Å². The normalized spacial score (nSPS) is 11.5. The Balaban J connectivity index is 1.68. The standard InChI is InChI=1S/C24H18ClN3OS/c1-3-29-20-7-5-16(6-8-20)22-14-30-24(28-22)19(13-26)12-18-11-17-10-15(2)4-9-21(17)27-23(18)25/h4-12,14H,3H2,1-2H3/b19-12+. The maximum atomic E-state index is 9.73. The topological polar surface area (TPSA) is 58.8 Å². The number of fused-ring (bicyclic) bond motifs is 1.